The topological polar surface area (TPSA) is 47.0 Å². The monoisotopic (exact) mass is 239 g/mol. The van der Waals surface area contributed by atoms with E-state index in [4.69, 9.17) is 4.74 Å². The van der Waals surface area contributed by atoms with Crippen molar-refractivity contribution in [1.29, 1.82) is 0 Å². The highest BCUT2D eigenvalue weighted by Crippen LogP contribution is 2.27. The molecule has 0 radical (unpaired) electrons. The van der Waals surface area contributed by atoms with Gasteiger partial charge < -0.3 is 10.1 Å². The van der Waals surface area contributed by atoms with Gasteiger partial charge in [0.05, 0.1) is 6.20 Å². The van der Waals surface area contributed by atoms with Gasteiger partial charge in [-0.15, -0.1) is 0 Å². The highest BCUT2D eigenvalue weighted by atomic mass is 19.1. The van der Waals surface area contributed by atoms with Gasteiger partial charge in [-0.25, -0.2) is 4.98 Å². The molecule has 2 rings (SSSR count). The minimum absolute atomic E-state index is 0.0592. The van der Waals surface area contributed by atoms with Crippen LogP contribution in [0, 0.1) is 11.7 Å². The fourth-order valence-corrected chi connectivity index (χ4v) is 2.06. The molecule has 0 saturated heterocycles. The van der Waals surface area contributed by atoms with Crippen LogP contribution in [-0.4, -0.2) is 23.1 Å². The summed E-state index contributed by atoms with van der Waals surface area (Å²) in [6.45, 7) is 2.24. The standard InChI is InChI=1S/C12H18FN3O/c1-8-3-5-9(6-4-8)17-11-10(13)7-15-12(14-2)16-11/h7-9H,3-6H2,1-2H3,(H,14,15,16). The normalized spacial score (nSPS) is 24.4. The quantitative estimate of drug-likeness (QED) is 0.880. The summed E-state index contributed by atoms with van der Waals surface area (Å²) < 4.78 is 19.1. The SMILES string of the molecule is CNc1ncc(F)c(OC2CCC(C)CC2)n1. The lowest BCUT2D eigenvalue weighted by atomic mass is 9.89. The first-order chi connectivity index (χ1) is 8.19. The average molecular weight is 239 g/mol. The fraction of sp³-hybridized carbons (Fsp3) is 0.667. The first kappa shape index (κ1) is 12.1. The Morgan fingerprint density at radius 2 is 2.06 bits per heavy atom. The molecule has 0 unspecified atom stereocenters. The second kappa shape index (κ2) is 5.29. The van der Waals surface area contributed by atoms with Gasteiger partial charge in [-0.1, -0.05) is 6.92 Å². The van der Waals surface area contributed by atoms with Gasteiger partial charge in [0.15, 0.2) is 0 Å². The molecule has 1 heterocycles. The molecule has 0 spiro atoms. The van der Waals surface area contributed by atoms with Crippen molar-refractivity contribution in [2.45, 2.75) is 38.7 Å². The average Bonchev–Trinajstić information content (AvgIpc) is 2.35. The summed E-state index contributed by atoms with van der Waals surface area (Å²) in [6, 6.07) is 0. The van der Waals surface area contributed by atoms with E-state index in [0.29, 0.717) is 5.95 Å². The van der Waals surface area contributed by atoms with E-state index in [1.165, 1.54) is 0 Å². The zero-order chi connectivity index (χ0) is 12.3. The Morgan fingerprint density at radius 1 is 1.35 bits per heavy atom. The van der Waals surface area contributed by atoms with E-state index in [-0.39, 0.29) is 12.0 Å². The van der Waals surface area contributed by atoms with Crippen molar-refractivity contribution in [3.8, 4) is 5.88 Å². The summed E-state index contributed by atoms with van der Waals surface area (Å²) >= 11 is 0. The van der Waals surface area contributed by atoms with E-state index in [9.17, 15) is 4.39 Å². The van der Waals surface area contributed by atoms with Crippen molar-refractivity contribution in [1.82, 2.24) is 9.97 Å². The molecular weight excluding hydrogens is 221 g/mol. The van der Waals surface area contributed by atoms with Crippen LogP contribution in [0.25, 0.3) is 0 Å². The molecular formula is C12H18FN3O. The molecule has 1 saturated carbocycles. The van der Waals surface area contributed by atoms with Crippen LogP contribution in [0.4, 0.5) is 10.3 Å². The van der Waals surface area contributed by atoms with Gasteiger partial charge in [0.1, 0.15) is 6.10 Å². The smallest absolute Gasteiger partial charge is 0.255 e. The van der Waals surface area contributed by atoms with Gasteiger partial charge >= 0.3 is 0 Å². The van der Waals surface area contributed by atoms with E-state index in [1.54, 1.807) is 7.05 Å². The number of ether oxygens (including phenoxy) is 1. The minimum atomic E-state index is -0.498. The Hall–Kier alpha value is -1.39. The summed E-state index contributed by atoms with van der Waals surface area (Å²) in [5, 5.41) is 2.77. The molecule has 94 valence electrons. The summed E-state index contributed by atoms with van der Waals surface area (Å²) in [4.78, 5) is 7.77. The van der Waals surface area contributed by atoms with Crippen molar-refractivity contribution in [3.63, 3.8) is 0 Å². The van der Waals surface area contributed by atoms with Crippen LogP contribution in [0.15, 0.2) is 6.20 Å². The number of hydrogen-bond acceptors (Lipinski definition) is 4. The molecule has 1 aromatic heterocycles. The highest BCUT2D eigenvalue weighted by molar-refractivity contribution is 5.27. The lowest BCUT2D eigenvalue weighted by Crippen LogP contribution is -2.24. The second-order valence-electron chi connectivity index (χ2n) is 4.60. The summed E-state index contributed by atoms with van der Waals surface area (Å²) in [5.41, 5.74) is 0. The van der Waals surface area contributed by atoms with Gasteiger partial charge in [-0.3, -0.25) is 0 Å². The highest BCUT2D eigenvalue weighted by Gasteiger charge is 2.21. The zero-order valence-electron chi connectivity index (χ0n) is 10.2. The van der Waals surface area contributed by atoms with Crippen LogP contribution in [0.1, 0.15) is 32.6 Å². The minimum Gasteiger partial charge on any atom is -0.472 e. The van der Waals surface area contributed by atoms with E-state index in [1.807, 2.05) is 0 Å². The fourth-order valence-electron chi connectivity index (χ4n) is 2.06. The number of anilines is 1. The van der Waals surface area contributed by atoms with Gasteiger partial charge in [0.2, 0.25) is 11.8 Å². The van der Waals surface area contributed by atoms with Crippen LogP contribution in [0.5, 0.6) is 5.88 Å². The third-order valence-corrected chi connectivity index (χ3v) is 3.18. The van der Waals surface area contributed by atoms with Crippen LogP contribution < -0.4 is 10.1 Å². The van der Waals surface area contributed by atoms with Gasteiger partial charge in [-0.05, 0) is 31.6 Å². The third-order valence-electron chi connectivity index (χ3n) is 3.18. The number of nitrogens with zero attached hydrogens (tertiary/aromatic N) is 2. The molecule has 0 atom stereocenters. The number of nitrogens with one attached hydrogen (secondary N) is 1. The lowest BCUT2D eigenvalue weighted by Gasteiger charge is -2.26. The van der Waals surface area contributed by atoms with E-state index in [2.05, 4.69) is 22.2 Å². The first-order valence-electron chi connectivity index (χ1n) is 6.06. The molecule has 17 heavy (non-hydrogen) atoms. The Morgan fingerprint density at radius 3 is 2.71 bits per heavy atom. The number of rotatable bonds is 3. The molecule has 1 N–H and O–H groups in total. The Kier molecular flexibility index (Phi) is 3.76. The van der Waals surface area contributed by atoms with E-state index in [0.717, 1.165) is 37.8 Å². The molecule has 1 aromatic rings. The van der Waals surface area contributed by atoms with Gasteiger partial charge in [0.25, 0.3) is 5.88 Å². The van der Waals surface area contributed by atoms with Crippen molar-refractivity contribution >= 4 is 5.95 Å². The Bertz CT molecular complexity index is 378. The predicted octanol–water partition coefficient (Wildman–Crippen LogP) is 2.61. The number of hydrogen-bond donors (Lipinski definition) is 1. The zero-order valence-corrected chi connectivity index (χ0v) is 10.2. The van der Waals surface area contributed by atoms with E-state index >= 15 is 0 Å². The van der Waals surface area contributed by atoms with Gasteiger partial charge in [-0.2, -0.15) is 9.37 Å². The van der Waals surface area contributed by atoms with Crippen molar-refractivity contribution in [2.24, 2.45) is 5.92 Å². The van der Waals surface area contributed by atoms with E-state index < -0.39 is 5.82 Å². The molecule has 5 heteroatoms. The predicted molar refractivity (Wildman–Crippen MR) is 63.6 cm³/mol. The Balaban J connectivity index is 2.02. The van der Waals surface area contributed by atoms with Crippen LogP contribution >= 0.6 is 0 Å². The number of aromatic nitrogens is 2. The Labute approximate surface area is 101 Å². The molecule has 0 aliphatic heterocycles. The second-order valence-corrected chi connectivity index (χ2v) is 4.60. The van der Waals surface area contributed by atoms with Crippen molar-refractivity contribution in [2.75, 3.05) is 12.4 Å². The number of halogens is 1. The van der Waals surface area contributed by atoms with Crippen LogP contribution in [0.2, 0.25) is 0 Å². The largest absolute Gasteiger partial charge is 0.472 e. The summed E-state index contributed by atoms with van der Waals surface area (Å²) in [5.74, 6) is 0.690. The molecule has 0 aromatic carbocycles. The van der Waals surface area contributed by atoms with Crippen molar-refractivity contribution < 1.29 is 9.13 Å². The lowest BCUT2D eigenvalue weighted by molar-refractivity contribution is 0.124. The third kappa shape index (κ3) is 3.05. The molecule has 0 bridgehead atoms. The first-order valence-corrected chi connectivity index (χ1v) is 6.06. The molecule has 1 fully saturated rings. The summed E-state index contributed by atoms with van der Waals surface area (Å²) in [7, 11) is 1.69. The van der Waals surface area contributed by atoms with Crippen molar-refractivity contribution in [3.05, 3.63) is 12.0 Å². The molecule has 1 aliphatic carbocycles. The van der Waals surface area contributed by atoms with Crippen LogP contribution in [-0.2, 0) is 0 Å². The molecule has 0 amide bonds. The maximum Gasteiger partial charge on any atom is 0.255 e. The maximum atomic E-state index is 13.5. The molecule has 4 nitrogen and oxygen atoms in total. The van der Waals surface area contributed by atoms with Gasteiger partial charge in [0, 0.05) is 7.05 Å². The van der Waals surface area contributed by atoms with Crippen LogP contribution in [0.3, 0.4) is 0 Å². The molecule has 1 aliphatic rings. The maximum absolute atomic E-state index is 13.5. The summed E-state index contributed by atoms with van der Waals surface area (Å²) in [6.07, 6.45) is 5.44.